The van der Waals surface area contributed by atoms with Gasteiger partial charge >= 0.3 is 12.2 Å². The maximum atomic E-state index is 13.3. The number of fused-ring (bicyclic) bond motifs is 1. The first-order chi connectivity index (χ1) is 13.7. The standard InChI is InChI=1S/C22H28N2O5/c1-19(2,3)29-17(25)23-12-11-21-13-20(14-28-20)9-10-22(21,23)24(18(26)27-4)16-8-6-5-7-15(16)21/h5-8H,9-14H2,1-4H3/t20?,21-,22-/m1/s1. The molecule has 5 rings (SSSR count). The second-order valence-electron chi connectivity index (χ2n) is 9.75. The molecule has 1 unspecified atom stereocenters. The number of amides is 2. The number of hydrogen-bond donors (Lipinski definition) is 0. The van der Waals surface area contributed by atoms with Gasteiger partial charge in [-0.3, -0.25) is 9.80 Å². The number of epoxide rings is 1. The normalized spacial score (nSPS) is 34.5. The topological polar surface area (TPSA) is 71.6 Å². The molecule has 156 valence electrons. The van der Waals surface area contributed by atoms with Crippen LogP contribution in [0.15, 0.2) is 24.3 Å². The van der Waals surface area contributed by atoms with E-state index < -0.39 is 17.4 Å². The zero-order valence-electron chi connectivity index (χ0n) is 17.5. The van der Waals surface area contributed by atoms with Crippen molar-refractivity contribution in [3.63, 3.8) is 0 Å². The fourth-order valence-electron chi connectivity index (χ4n) is 6.00. The first kappa shape index (κ1) is 18.7. The minimum absolute atomic E-state index is 0.132. The summed E-state index contributed by atoms with van der Waals surface area (Å²) in [5.74, 6) is 0. The average molecular weight is 400 g/mol. The highest BCUT2D eigenvalue weighted by molar-refractivity contribution is 5.95. The van der Waals surface area contributed by atoms with Crippen LogP contribution in [0.2, 0.25) is 0 Å². The van der Waals surface area contributed by atoms with Crippen molar-refractivity contribution in [1.29, 1.82) is 0 Å². The predicted molar refractivity (Wildman–Crippen MR) is 106 cm³/mol. The van der Waals surface area contributed by atoms with Gasteiger partial charge in [0.15, 0.2) is 0 Å². The molecule has 7 heteroatoms. The Morgan fingerprint density at radius 1 is 1.10 bits per heavy atom. The number of carbonyl (C=O) groups is 2. The van der Waals surface area contributed by atoms with Crippen LogP contribution < -0.4 is 4.90 Å². The second-order valence-corrected chi connectivity index (χ2v) is 9.75. The van der Waals surface area contributed by atoms with Crippen molar-refractivity contribution in [1.82, 2.24) is 4.90 Å². The maximum Gasteiger partial charge on any atom is 0.415 e. The Labute approximate surface area is 170 Å². The predicted octanol–water partition coefficient (Wildman–Crippen LogP) is 3.80. The lowest BCUT2D eigenvalue weighted by Crippen LogP contribution is -2.69. The molecule has 0 aromatic heterocycles. The summed E-state index contributed by atoms with van der Waals surface area (Å²) in [5, 5.41) is 0. The van der Waals surface area contributed by atoms with Crippen LogP contribution in [0.1, 0.15) is 52.0 Å². The zero-order valence-corrected chi connectivity index (χ0v) is 17.5. The summed E-state index contributed by atoms with van der Waals surface area (Å²) in [7, 11) is 1.39. The van der Waals surface area contributed by atoms with Gasteiger partial charge in [0, 0.05) is 12.0 Å². The summed E-state index contributed by atoms with van der Waals surface area (Å²) in [6.07, 6.45) is 2.17. The van der Waals surface area contributed by atoms with Crippen LogP contribution in [0, 0.1) is 0 Å². The smallest absolute Gasteiger partial charge is 0.415 e. The molecule has 1 aromatic rings. The molecule has 0 bridgehead atoms. The van der Waals surface area contributed by atoms with Crippen LogP contribution in [0.4, 0.5) is 15.3 Å². The van der Waals surface area contributed by atoms with Crippen LogP contribution in [0.3, 0.4) is 0 Å². The van der Waals surface area contributed by atoms with Crippen molar-refractivity contribution in [2.24, 2.45) is 0 Å². The maximum absolute atomic E-state index is 13.3. The number of carbonyl (C=O) groups excluding carboxylic acids is 2. The molecule has 0 N–H and O–H groups in total. The van der Waals surface area contributed by atoms with E-state index in [0.29, 0.717) is 13.0 Å². The number of anilines is 1. The van der Waals surface area contributed by atoms with Gasteiger partial charge in [0.25, 0.3) is 0 Å². The van der Waals surface area contributed by atoms with Crippen molar-refractivity contribution >= 4 is 17.9 Å². The molecule has 2 amide bonds. The van der Waals surface area contributed by atoms with E-state index in [1.54, 1.807) is 9.80 Å². The highest BCUT2D eigenvalue weighted by atomic mass is 16.6. The minimum Gasteiger partial charge on any atom is -0.452 e. The number of methoxy groups -OCH3 is 1. The minimum atomic E-state index is -0.830. The summed E-state index contributed by atoms with van der Waals surface area (Å²) >= 11 is 0. The summed E-state index contributed by atoms with van der Waals surface area (Å²) in [6, 6.07) is 7.97. The Morgan fingerprint density at radius 2 is 1.83 bits per heavy atom. The molecule has 0 radical (unpaired) electrons. The van der Waals surface area contributed by atoms with Crippen molar-refractivity contribution in [2.75, 3.05) is 25.2 Å². The van der Waals surface area contributed by atoms with Crippen LogP contribution in [-0.2, 0) is 19.6 Å². The Hall–Kier alpha value is -2.28. The molecule has 3 heterocycles. The van der Waals surface area contributed by atoms with Gasteiger partial charge in [-0.1, -0.05) is 18.2 Å². The summed E-state index contributed by atoms with van der Waals surface area (Å²) in [5.41, 5.74) is -0.0357. The average Bonchev–Trinajstić information content (AvgIpc) is 3.24. The monoisotopic (exact) mass is 400 g/mol. The lowest BCUT2D eigenvalue weighted by Gasteiger charge is -2.52. The molecule has 3 atom stereocenters. The van der Waals surface area contributed by atoms with Gasteiger partial charge in [-0.05, 0) is 58.1 Å². The van der Waals surface area contributed by atoms with Crippen LogP contribution in [-0.4, -0.2) is 54.2 Å². The zero-order chi connectivity index (χ0) is 20.7. The summed E-state index contributed by atoms with van der Waals surface area (Å²) in [4.78, 5) is 29.9. The highest BCUT2D eigenvalue weighted by Crippen LogP contribution is 2.68. The van der Waals surface area contributed by atoms with Gasteiger partial charge in [0.2, 0.25) is 0 Å². The van der Waals surface area contributed by atoms with Gasteiger partial charge in [0.05, 0.1) is 25.0 Å². The van der Waals surface area contributed by atoms with Crippen molar-refractivity contribution < 1.29 is 23.8 Å². The number of hydrogen-bond acceptors (Lipinski definition) is 5. The van der Waals surface area contributed by atoms with Crippen molar-refractivity contribution in [3.8, 4) is 0 Å². The molecule has 1 saturated carbocycles. The molecule has 7 nitrogen and oxygen atoms in total. The van der Waals surface area contributed by atoms with Gasteiger partial charge in [-0.25, -0.2) is 9.59 Å². The molecule has 1 aromatic carbocycles. The molecule has 1 spiro atoms. The van der Waals surface area contributed by atoms with Gasteiger partial charge in [0.1, 0.15) is 11.3 Å². The summed E-state index contributed by atoms with van der Waals surface area (Å²) < 4.78 is 16.9. The van der Waals surface area contributed by atoms with Gasteiger partial charge in [-0.2, -0.15) is 0 Å². The molecule has 29 heavy (non-hydrogen) atoms. The lowest BCUT2D eigenvalue weighted by atomic mass is 9.61. The third kappa shape index (κ3) is 2.34. The van der Waals surface area contributed by atoms with E-state index in [1.165, 1.54) is 7.11 Å². The molecular formula is C22H28N2O5. The number of ether oxygens (including phenoxy) is 3. The SMILES string of the molecule is COC(=O)N1c2ccccc2[C@]23CCN(C(=O)OC(C)(C)C)[C@]12CCC1(CO1)C3. The quantitative estimate of drug-likeness (QED) is 0.620. The van der Waals surface area contributed by atoms with E-state index in [4.69, 9.17) is 14.2 Å². The third-order valence-electron chi connectivity index (χ3n) is 7.08. The summed E-state index contributed by atoms with van der Waals surface area (Å²) in [6.45, 7) is 6.87. The Bertz CT molecular complexity index is 889. The number of para-hydroxylation sites is 1. The van der Waals surface area contributed by atoms with E-state index in [-0.39, 0.29) is 17.1 Å². The Morgan fingerprint density at radius 3 is 2.48 bits per heavy atom. The van der Waals surface area contributed by atoms with Gasteiger partial charge < -0.3 is 14.2 Å². The molecule has 3 fully saturated rings. The third-order valence-corrected chi connectivity index (χ3v) is 7.08. The molecule has 3 aliphatic heterocycles. The first-order valence-electron chi connectivity index (χ1n) is 10.3. The van der Waals surface area contributed by atoms with E-state index in [2.05, 4.69) is 6.07 Å². The Kier molecular flexibility index (Phi) is 3.65. The van der Waals surface area contributed by atoms with Crippen molar-refractivity contribution in [3.05, 3.63) is 29.8 Å². The number of likely N-dealkylation sites (tertiary alicyclic amines) is 1. The molecule has 4 aliphatic rings. The number of nitrogens with zero attached hydrogens (tertiary/aromatic N) is 2. The Balaban J connectivity index is 1.69. The number of rotatable bonds is 0. The number of benzene rings is 1. The molecular weight excluding hydrogens is 372 g/mol. The van der Waals surface area contributed by atoms with E-state index in [9.17, 15) is 9.59 Å². The van der Waals surface area contributed by atoms with Gasteiger partial charge in [-0.15, -0.1) is 0 Å². The van der Waals surface area contributed by atoms with Crippen LogP contribution in [0.5, 0.6) is 0 Å². The molecule has 1 aliphatic carbocycles. The lowest BCUT2D eigenvalue weighted by molar-refractivity contribution is -0.0184. The van der Waals surface area contributed by atoms with E-state index >= 15 is 0 Å². The van der Waals surface area contributed by atoms with Crippen LogP contribution >= 0.6 is 0 Å². The van der Waals surface area contributed by atoms with E-state index in [0.717, 1.165) is 37.1 Å². The second kappa shape index (κ2) is 5.65. The molecule has 2 saturated heterocycles. The van der Waals surface area contributed by atoms with Crippen molar-refractivity contribution in [2.45, 2.75) is 68.7 Å². The van der Waals surface area contributed by atoms with E-state index in [1.807, 2.05) is 39.0 Å². The highest BCUT2D eigenvalue weighted by Gasteiger charge is 2.76. The largest absolute Gasteiger partial charge is 0.452 e. The fraction of sp³-hybridized carbons (Fsp3) is 0.636. The fourth-order valence-corrected chi connectivity index (χ4v) is 6.00. The first-order valence-corrected chi connectivity index (χ1v) is 10.3. The van der Waals surface area contributed by atoms with Crippen LogP contribution in [0.25, 0.3) is 0 Å².